The minimum Gasteiger partial charge on any atom is -0.456 e. The van der Waals surface area contributed by atoms with E-state index in [1.807, 2.05) is 36.4 Å². The van der Waals surface area contributed by atoms with Crippen molar-refractivity contribution in [1.82, 2.24) is 30.4 Å². The summed E-state index contributed by atoms with van der Waals surface area (Å²) in [4.78, 5) is 40.6. The standard InChI is InChI=1S/C22H23N7O5S3/c1-28-21(25-26-27-28)37-12-15-11-36-20-22(33-2,24-16(30)13-35-9-8-23)19(32)29(20)17(15)18(31)34-10-14-6-4-3-5-7-14/h3-7,20H,9-13H2,1-2H3,(H,24,30)/t20-,22+/m1/s1. The number of fused-ring (bicyclic) bond motifs is 1. The minimum atomic E-state index is -1.62. The molecule has 1 N–H and O–H groups in total. The molecule has 4 rings (SSSR count). The van der Waals surface area contributed by atoms with E-state index in [1.165, 1.54) is 40.2 Å². The number of hydrogen-bond donors (Lipinski definition) is 1. The van der Waals surface area contributed by atoms with Gasteiger partial charge in [-0.3, -0.25) is 14.5 Å². The Balaban J connectivity index is 1.56. The van der Waals surface area contributed by atoms with Crippen molar-refractivity contribution < 1.29 is 23.9 Å². The molecule has 2 atom stereocenters. The smallest absolute Gasteiger partial charge is 0.355 e. The van der Waals surface area contributed by atoms with Crippen molar-refractivity contribution in [3.05, 3.63) is 47.2 Å². The van der Waals surface area contributed by atoms with E-state index in [9.17, 15) is 14.4 Å². The number of methoxy groups -OCH3 is 1. The van der Waals surface area contributed by atoms with E-state index >= 15 is 0 Å². The van der Waals surface area contributed by atoms with Crippen molar-refractivity contribution in [2.45, 2.75) is 22.9 Å². The highest BCUT2D eigenvalue weighted by Gasteiger charge is 2.66. The summed E-state index contributed by atoms with van der Waals surface area (Å²) in [6.45, 7) is 0.0406. The van der Waals surface area contributed by atoms with E-state index in [0.717, 1.165) is 17.3 Å². The van der Waals surface area contributed by atoms with Crippen molar-refractivity contribution >= 4 is 53.1 Å². The number of ether oxygens (including phenoxy) is 2. The Labute approximate surface area is 225 Å². The summed E-state index contributed by atoms with van der Waals surface area (Å²) in [5, 5.41) is 22.7. The van der Waals surface area contributed by atoms with Crippen LogP contribution in [-0.2, 0) is 37.5 Å². The summed E-state index contributed by atoms with van der Waals surface area (Å²) in [5.74, 6) is -0.761. The molecular weight excluding hydrogens is 538 g/mol. The van der Waals surface area contributed by atoms with Crippen LogP contribution in [0, 0.1) is 11.3 Å². The fourth-order valence-corrected chi connectivity index (χ4v) is 6.64. The lowest BCUT2D eigenvalue weighted by Crippen LogP contribution is -2.80. The number of nitrogens with zero attached hydrogens (tertiary/aromatic N) is 6. The Kier molecular flexibility index (Phi) is 8.75. The van der Waals surface area contributed by atoms with E-state index in [-0.39, 0.29) is 23.8 Å². The Morgan fingerprint density at radius 1 is 1.35 bits per heavy atom. The third-order valence-corrected chi connectivity index (χ3v) is 8.79. The van der Waals surface area contributed by atoms with Crippen molar-refractivity contribution in [3.8, 4) is 6.07 Å². The van der Waals surface area contributed by atoms with Gasteiger partial charge in [-0.1, -0.05) is 42.1 Å². The normalized spacial score (nSPS) is 20.6. The number of benzene rings is 1. The number of nitrogens with one attached hydrogen (secondary N) is 1. The van der Waals surface area contributed by atoms with Crippen molar-refractivity contribution in [3.63, 3.8) is 0 Å². The lowest BCUT2D eigenvalue weighted by molar-refractivity contribution is -0.192. The summed E-state index contributed by atoms with van der Waals surface area (Å²) in [7, 11) is 3.04. The molecule has 0 aliphatic carbocycles. The molecule has 194 valence electrons. The Bertz CT molecular complexity index is 1250. The Morgan fingerprint density at radius 2 is 2.14 bits per heavy atom. The van der Waals surface area contributed by atoms with Gasteiger partial charge in [-0.25, -0.2) is 9.48 Å². The van der Waals surface area contributed by atoms with Crippen LogP contribution < -0.4 is 5.32 Å². The molecule has 0 radical (unpaired) electrons. The average Bonchev–Trinajstić information content (AvgIpc) is 3.33. The zero-order valence-electron chi connectivity index (χ0n) is 19.9. The lowest BCUT2D eigenvalue weighted by atomic mass is 9.98. The predicted octanol–water partition coefficient (Wildman–Crippen LogP) is 0.930. The largest absolute Gasteiger partial charge is 0.456 e. The van der Waals surface area contributed by atoms with Crippen LogP contribution >= 0.6 is 35.3 Å². The third-order valence-electron chi connectivity index (χ3n) is 5.52. The Hall–Kier alpha value is -3.06. The summed E-state index contributed by atoms with van der Waals surface area (Å²) < 4.78 is 12.6. The van der Waals surface area contributed by atoms with Crippen LogP contribution in [0.3, 0.4) is 0 Å². The van der Waals surface area contributed by atoms with E-state index in [2.05, 4.69) is 20.8 Å². The summed E-state index contributed by atoms with van der Waals surface area (Å²) in [6.07, 6.45) is 0. The molecule has 15 heteroatoms. The maximum absolute atomic E-state index is 13.5. The molecule has 0 bridgehead atoms. The second-order valence-electron chi connectivity index (χ2n) is 7.87. The maximum Gasteiger partial charge on any atom is 0.355 e. The molecule has 2 aliphatic heterocycles. The minimum absolute atomic E-state index is 0.00121. The molecule has 0 spiro atoms. The first-order chi connectivity index (χ1) is 17.9. The molecule has 2 aromatic rings. The molecule has 12 nitrogen and oxygen atoms in total. The van der Waals surface area contributed by atoms with Gasteiger partial charge in [0.25, 0.3) is 11.6 Å². The molecule has 2 aliphatic rings. The van der Waals surface area contributed by atoms with Gasteiger partial charge in [-0.15, -0.1) is 28.6 Å². The summed E-state index contributed by atoms with van der Waals surface area (Å²) in [6, 6.07) is 11.2. The zero-order valence-corrected chi connectivity index (χ0v) is 22.4. The number of nitriles is 1. The summed E-state index contributed by atoms with van der Waals surface area (Å²) in [5.41, 5.74) is 0.00321. The van der Waals surface area contributed by atoms with Gasteiger partial charge in [0, 0.05) is 25.7 Å². The number of hydrogen-bond acceptors (Lipinski definition) is 12. The lowest BCUT2D eigenvalue weighted by Gasteiger charge is -2.56. The number of amides is 2. The number of aromatic nitrogens is 4. The second kappa shape index (κ2) is 12.0. The first-order valence-corrected chi connectivity index (χ1v) is 14.1. The quantitative estimate of drug-likeness (QED) is 0.137. The topological polar surface area (TPSA) is 152 Å². The van der Waals surface area contributed by atoms with Crippen molar-refractivity contribution in [2.75, 3.05) is 30.1 Å². The third kappa shape index (κ3) is 5.61. The highest BCUT2D eigenvalue weighted by atomic mass is 32.2. The molecule has 1 saturated heterocycles. The zero-order chi connectivity index (χ0) is 26.4. The first kappa shape index (κ1) is 27.0. The number of thioether (sulfide) groups is 3. The van der Waals surface area contributed by atoms with E-state index in [1.54, 1.807) is 7.05 Å². The van der Waals surface area contributed by atoms with Crippen molar-refractivity contribution in [2.24, 2.45) is 7.05 Å². The number of rotatable bonds is 11. The van der Waals surface area contributed by atoms with Crippen LogP contribution in [0.1, 0.15) is 5.56 Å². The molecular formula is C22H23N7O5S3. The SMILES string of the molecule is CO[C@@]1(NC(=O)CSCC#N)C(=O)N2C(C(=O)OCc3ccccc3)=C(CSc3nnnn3C)CS[C@@H]21. The number of β-lactam (4-membered cyclic amide) rings is 1. The van der Waals surface area contributed by atoms with Crippen LogP contribution in [0.4, 0.5) is 0 Å². The number of aryl methyl sites for hydroxylation is 1. The fourth-order valence-electron chi connectivity index (χ4n) is 3.76. The van der Waals surface area contributed by atoms with E-state index in [4.69, 9.17) is 14.7 Å². The van der Waals surface area contributed by atoms with Crippen LogP contribution in [0.15, 0.2) is 46.8 Å². The van der Waals surface area contributed by atoms with Gasteiger partial charge in [-0.2, -0.15) is 5.26 Å². The van der Waals surface area contributed by atoms with Gasteiger partial charge >= 0.3 is 5.97 Å². The van der Waals surface area contributed by atoms with Crippen LogP contribution in [0.5, 0.6) is 0 Å². The van der Waals surface area contributed by atoms with Gasteiger partial charge in [0.2, 0.25) is 11.1 Å². The molecule has 0 saturated carbocycles. The number of carbonyl (C=O) groups excluding carboxylic acids is 3. The number of tetrazole rings is 1. The Morgan fingerprint density at radius 3 is 2.81 bits per heavy atom. The highest BCUT2D eigenvalue weighted by Crippen LogP contribution is 2.47. The fraction of sp³-hybridized carbons (Fsp3) is 0.409. The van der Waals surface area contributed by atoms with Gasteiger partial charge in [-0.05, 0) is 21.6 Å². The van der Waals surface area contributed by atoms with Gasteiger partial charge in [0.15, 0.2) is 0 Å². The first-order valence-electron chi connectivity index (χ1n) is 11.0. The van der Waals surface area contributed by atoms with Crippen LogP contribution in [-0.4, -0.2) is 84.1 Å². The van der Waals surface area contributed by atoms with Gasteiger partial charge in [0.1, 0.15) is 17.7 Å². The molecule has 1 fully saturated rings. The molecule has 2 amide bonds. The average molecular weight is 562 g/mol. The van der Waals surface area contributed by atoms with Gasteiger partial charge < -0.3 is 14.8 Å². The molecule has 37 heavy (non-hydrogen) atoms. The number of esters is 1. The monoisotopic (exact) mass is 561 g/mol. The second-order valence-corrected chi connectivity index (χ2v) is 10.9. The van der Waals surface area contributed by atoms with E-state index in [0.29, 0.717) is 22.2 Å². The maximum atomic E-state index is 13.5. The predicted molar refractivity (Wildman–Crippen MR) is 137 cm³/mol. The summed E-state index contributed by atoms with van der Waals surface area (Å²) >= 11 is 3.83. The molecule has 3 heterocycles. The molecule has 0 unspecified atom stereocenters. The number of carbonyl (C=O) groups is 3. The molecule has 1 aromatic carbocycles. The van der Waals surface area contributed by atoms with E-state index < -0.39 is 28.9 Å². The highest BCUT2D eigenvalue weighted by molar-refractivity contribution is 8.01. The van der Waals surface area contributed by atoms with Crippen molar-refractivity contribution in [1.29, 1.82) is 5.26 Å². The van der Waals surface area contributed by atoms with Crippen LogP contribution in [0.2, 0.25) is 0 Å². The molecule has 1 aromatic heterocycles. The van der Waals surface area contributed by atoms with Gasteiger partial charge in [0.05, 0.1) is 17.6 Å². The van der Waals surface area contributed by atoms with Crippen LogP contribution in [0.25, 0.3) is 0 Å².